The van der Waals surface area contributed by atoms with Crippen LogP contribution >= 0.6 is 0 Å². The molecule has 0 unspecified atom stereocenters. The van der Waals surface area contributed by atoms with Crippen LogP contribution in [0.3, 0.4) is 0 Å². The maximum atomic E-state index is 11.6. The first-order valence-electron chi connectivity index (χ1n) is 6.66. The van der Waals surface area contributed by atoms with Crippen molar-refractivity contribution in [3.05, 3.63) is 18.0 Å². The molecule has 0 radical (unpaired) electrons. The molecule has 1 saturated heterocycles. The molecule has 2 heterocycles. The van der Waals surface area contributed by atoms with Gasteiger partial charge in [0.1, 0.15) is 0 Å². The van der Waals surface area contributed by atoms with E-state index in [9.17, 15) is 4.79 Å². The number of nitrogens with zero attached hydrogens (tertiary/aromatic N) is 3. The Labute approximate surface area is 113 Å². The van der Waals surface area contributed by atoms with Gasteiger partial charge >= 0.3 is 0 Å². The molecule has 1 fully saturated rings. The third-order valence-electron chi connectivity index (χ3n) is 3.47. The van der Waals surface area contributed by atoms with E-state index in [1.807, 2.05) is 19.4 Å². The van der Waals surface area contributed by atoms with Gasteiger partial charge in [0.05, 0.1) is 0 Å². The lowest BCUT2D eigenvalue weighted by molar-refractivity contribution is -0.125. The van der Waals surface area contributed by atoms with Gasteiger partial charge in [0.2, 0.25) is 11.9 Å². The molecule has 104 valence electrons. The van der Waals surface area contributed by atoms with E-state index in [0.29, 0.717) is 0 Å². The molecule has 0 aromatic carbocycles. The maximum absolute atomic E-state index is 11.6. The zero-order valence-corrected chi connectivity index (χ0v) is 11.5. The average Bonchev–Trinajstić information content (AvgIpc) is 2.48. The average molecular weight is 263 g/mol. The Kier molecular flexibility index (Phi) is 4.68. The largest absolute Gasteiger partial charge is 0.359 e. The summed E-state index contributed by atoms with van der Waals surface area (Å²) in [4.78, 5) is 22.5. The maximum Gasteiger partial charge on any atom is 0.225 e. The van der Waals surface area contributed by atoms with Crippen molar-refractivity contribution in [2.75, 3.05) is 32.1 Å². The SMILES string of the molecule is CNCc1cnc(N2CCC(C(=O)NC)CC2)nc1. The Bertz CT molecular complexity index is 412. The summed E-state index contributed by atoms with van der Waals surface area (Å²) in [6.07, 6.45) is 5.43. The fourth-order valence-corrected chi connectivity index (χ4v) is 2.35. The minimum atomic E-state index is 0.129. The van der Waals surface area contributed by atoms with E-state index >= 15 is 0 Å². The van der Waals surface area contributed by atoms with Gasteiger partial charge in [0.15, 0.2) is 0 Å². The molecule has 1 aliphatic heterocycles. The molecule has 1 amide bonds. The summed E-state index contributed by atoms with van der Waals surface area (Å²) in [6, 6.07) is 0. The Morgan fingerprint density at radius 3 is 2.47 bits per heavy atom. The second-order valence-corrected chi connectivity index (χ2v) is 4.80. The summed E-state index contributed by atoms with van der Waals surface area (Å²) in [6.45, 7) is 2.45. The quantitative estimate of drug-likeness (QED) is 0.809. The van der Waals surface area contributed by atoms with E-state index < -0.39 is 0 Å². The molecule has 2 rings (SSSR count). The van der Waals surface area contributed by atoms with Crippen LogP contribution in [-0.2, 0) is 11.3 Å². The Balaban J connectivity index is 1.92. The number of nitrogens with one attached hydrogen (secondary N) is 2. The predicted molar refractivity (Wildman–Crippen MR) is 73.8 cm³/mol. The monoisotopic (exact) mass is 263 g/mol. The van der Waals surface area contributed by atoms with Gasteiger partial charge in [-0.3, -0.25) is 4.79 Å². The van der Waals surface area contributed by atoms with Gasteiger partial charge in [0, 0.05) is 50.6 Å². The molecule has 0 atom stereocenters. The van der Waals surface area contributed by atoms with Crippen molar-refractivity contribution in [2.24, 2.45) is 5.92 Å². The number of carbonyl (C=O) groups excluding carboxylic acids is 1. The lowest BCUT2D eigenvalue weighted by atomic mass is 9.96. The highest BCUT2D eigenvalue weighted by Gasteiger charge is 2.25. The fourth-order valence-electron chi connectivity index (χ4n) is 2.35. The summed E-state index contributed by atoms with van der Waals surface area (Å²) >= 11 is 0. The smallest absolute Gasteiger partial charge is 0.225 e. The van der Waals surface area contributed by atoms with Gasteiger partial charge in [0.25, 0.3) is 0 Å². The Morgan fingerprint density at radius 2 is 1.95 bits per heavy atom. The molecule has 0 saturated carbocycles. The molecular formula is C13H21N5O. The van der Waals surface area contributed by atoms with Crippen LogP contribution in [-0.4, -0.2) is 43.1 Å². The van der Waals surface area contributed by atoms with Crippen molar-refractivity contribution in [3.63, 3.8) is 0 Å². The van der Waals surface area contributed by atoms with E-state index in [1.165, 1.54) is 0 Å². The van der Waals surface area contributed by atoms with E-state index in [4.69, 9.17) is 0 Å². The Morgan fingerprint density at radius 1 is 1.32 bits per heavy atom. The molecule has 1 aromatic rings. The summed E-state index contributed by atoms with van der Waals surface area (Å²) in [7, 11) is 3.59. The van der Waals surface area contributed by atoms with Crippen LogP contribution in [0.2, 0.25) is 0 Å². The topological polar surface area (TPSA) is 70.2 Å². The Hall–Kier alpha value is -1.69. The van der Waals surface area contributed by atoms with Gasteiger partial charge < -0.3 is 15.5 Å². The van der Waals surface area contributed by atoms with Crippen LogP contribution in [0.25, 0.3) is 0 Å². The second kappa shape index (κ2) is 6.47. The van der Waals surface area contributed by atoms with Crippen LogP contribution < -0.4 is 15.5 Å². The van der Waals surface area contributed by atoms with E-state index in [-0.39, 0.29) is 11.8 Å². The minimum Gasteiger partial charge on any atom is -0.359 e. The summed E-state index contributed by atoms with van der Waals surface area (Å²) < 4.78 is 0. The van der Waals surface area contributed by atoms with E-state index in [1.54, 1.807) is 7.05 Å². The molecule has 2 N–H and O–H groups in total. The third-order valence-corrected chi connectivity index (χ3v) is 3.47. The van der Waals surface area contributed by atoms with Gasteiger partial charge in [-0.05, 0) is 19.9 Å². The predicted octanol–water partition coefficient (Wildman–Crippen LogP) is 0.158. The first-order chi connectivity index (χ1) is 9.24. The van der Waals surface area contributed by atoms with Crippen molar-refractivity contribution in [3.8, 4) is 0 Å². The zero-order chi connectivity index (χ0) is 13.7. The molecule has 6 nitrogen and oxygen atoms in total. The van der Waals surface area contributed by atoms with Crippen LogP contribution in [0, 0.1) is 5.92 Å². The van der Waals surface area contributed by atoms with Gasteiger partial charge in [-0.25, -0.2) is 9.97 Å². The van der Waals surface area contributed by atoms with Crippen LogP contribution in [0.15, 0.2) is 12.4 Å². The molecule has 1 aliphatic rings. The second-order valence-electron chi connectivity index (χ2n) is 4.80. The number of aromatic nitrogens is 2. The lowest BCUT2D eigenvalue weighted by Crippen LogP contribution is -2.40. The summed E-state index contributed by atoms with van der Waals surface area (Å²) in [5, 5.41) is 5.78. The number of piperidine rings is 1. The summed E-state index contributed by atoms with van der Waals surface area (Å²) in [5.41, 5.74) is 1.08. The molecule has 0 spiro atoms. The number of rotatable bonds is 4. The van der Waals surface area contributed by atoms with E-state index in [0.717, 1.165) is 44.0 Å². The van der Waals surface area contributed by atoms with E-state index in [2.05, 4.69) is 25.5 Å². The molecule has 19 heavy (non-hydrogen) atoms. The van der Waals surface area contributed by atoms with Crippen molar-refractivity contribution in [1.29, 1.82) is 0 Å². The van der Waals surface area contributed by atoms with Gasteiger partial charge in [-0.1, -0.05) is 0 Å². The van der Waals surface area contributed by atoms with Crippen molar-refractivity contribution >= 4 is 11.9 Å². The highest BCUT2D eigenvalue weighted by molar-refractivity contribution is 5.78. The standard InChI is InChI=1S/C13H21N5O/c1-14-7-10-8-16-13(17-9-10)18-5-3-11(4-6-18)12(19)15-2/h8-9,11,14H,3-7H2,1-2H3,(H,15,19). The minimum absolute atomic E-state index is 0.129. The van der Waals surface area contributed by atoms with Gasteiger partial charge in [-0.2, -0.15) is 0 Å². The third kappa shape index (κ3) is 3.41. The zero-order valence-electron chi connectivity index (χ0n) is 11.5. The number of carbonyl (C=O) groups is 1. The summed E-state index contributed by atoms with van der Waals surface area (Å²) in [5.74, 6) is 1.03. The molecule has 0 bridgehead atoms. The fraction of sp³-hybridized carbons (Fsp3) is 0.615. The van der Waals surface area contributed by atoms with Crippen molar-refractivity contribution < 1.29 is 4.79 Å². The van der Waals surface area contributed by atoms with Crippen LogP contribution in [0.5, 0.6) is 0 Å². The number of hydrogen-bond acceptors (Lipinski definition) is 5. The lowest BCUT2D eigenvalue weighted by Gasteiger charge is -2.31. The van der Waals surface area contributed by atoms with Crippen molar-refractivity contribution in [1.82, 2.24) is 20.6 Å². The normalized spacial score (nSPS) is 16.4. The van der Waals surface area contributed by atoms with Crippen LogP contribution in [0.1, 0.15) is 18.4 Å². The van der Waals surface area contributed by atoms with Crippen molar-refractivity contribution in [2.45, 2.75) is 19.4 Å². The first kappa shape index (κ1) is 13.7. The molecule has 6 heteroatoms. The van der Waals surface area contributed by atoms with Crippen LogP contribution in [0.4, 0.5) is 5.95 Å². The highest BCUT2D eigenvalue weighted by atomic mass is 16.1. The van der Waals surface area contributed by atoms with Gasteiger partial charge in [-0.15, -0.1) is 0 Å². The molecule has 0 aliphatic carbocycles. The molecular weight excluding hydrogens is 242 g/mol. The number of anilines is 1. The first-order valence-corrected chi connectivity index (χ1v) is 6.66. The highest BCUT2D eigenvalue weighted by Crippen LogP contribution is 2.20. The number of amides is 1. The number of hydrogen-bond donors (Lipinski definition) is 2. The molecule has 1 aromatic heterocycles.